The Labute approximate surface area is 194 Å². The highest BCUT2D eigenvalue weighted by Gasteiger charge is 2.17. The first-order valence-electron chi connectivity index (χ1n) is 11.2. The van der Waals surface area contributed by atoms with Crippen molar-refractivity contribution in [1.29, 1.82) is 0 Å². The molecule has 0 saturated heterocycles. The Bertz CT molecular complexity index is 1110. The number of nitrogens with one attached hydrogen (secondary N) is 1. The molecule has 2 aromatic carbocycles. The minimum Gasteiger partial charge on any atom is -0.394 e. The number of aryl methyl sites for hydroxylation is 1. The van der Waals surface area contributed by atoms with Gasteiger partial charge >= 0.3 is 0 Å². The third-order valence-electron chi connectivity index (χ3n) is 5.78. The van der Waals surface area contributed by atoms with E-state index >= 15 is 0 Å². The first-order chi connectivity index (χ1) is 15.5. The zero-order valence-electron chi connectivity index (χ0n) is 18.8. The van der Waals surface area contributed by atoms with Gasteiger partial charge in [-0.2, -0.15) is 0 Å². The van der Waals surface area contributed by atoms with Gasteiger partial charge in [-0.05, 0) is 65.1 Å². The van der Waals surface area contributed by atoms with Crippen LogP contribution >= 0.6 is 11.9 Å². The third-order valence-corrected chi connectivity index (χ3v) is 6.71. The van der Waals surface area contributed by atoms with Crippen molar-refractivity contribution in [3.8, 4) is 11.1 Å². The quantitative estimate of drug-likeness (QED) is 0.464. The van der Waals surface area contributed by atoms with Gasteiger partial charge in [0, 0.05) is 17.5 Å². The second kappa shape index (κ2) is 10.1. The van der Waals surface area contributed by atoms with Crippen molar-refractivity contribution in [2.45, 2.75) is 44.4 Å². The summed E-state index contributed by atoms with van der Waals surface area (Å²) in [6.45, 7) is 5.07. The highest BCUT2D eigenvalue weighted by atomic mass is 32.2. The second-order valence-corrected chi connectivity index (χ2v) is 9.46. The van der Waals surface area contributed by atoms with Crippen LogP contribution < -0.4 is 16.2 Å². The molecule has 2 aliphatic heterocycles. The van der Waals surface area contributed by atoms with Gasteiger partial charge in [0.2, 0.25) is 0 Å². The van der Waals surface area contributed by atoms with Crippen LogP contribution in [-0.2, 0) is 6.42 Å². The normalized spacial score (nSPS) is 15.5. The number of nitrogens with two attached hydrogens (primary N) is 2. The van der Waals surface area contributed by atoms with Crippen LogP contribution in [-0.4, -0.2) is 18.1 Å². The number of hydrogen-bond donors (Lipinski definition) is 3. The standard InChI is InChI=1S/C26H31N5S/c1-17(2)7-5-8-18-15-19(22-10-6-14-29-22)12-13-20(18)21-9-3-4-11-24(21)32-31-23-16-30-26(28)25(23)27/h3-4,6,9,11-15,17,31H,5,7-8,10,16,27H2,1-2H3,(H2,28,30). The summed E-state index contributed by atoms with van der Waals surface area (Å²) in [6, 6.07) is 15.3. The van der Waals surface area contributed by atoms with E-state index in [2.05, 4.69) is 77.1 Å². The maximum Gasteiger partial charge on any atom is 0.144 e. The fourth-order valence-corrected chi connectivity index (χ4v) is 4.81. The van der Waals surface area contributed by atoms with Gasteiger partial charge in [-0.1, -0.05) is 56.7 Å². The Morgan fingerprint density at radius 1 is 1.09 bits per heavy atom. The molecule has 0 saturated carbocycles. The van der Waals surface area contributed by atoms with Crippen LogP contribution in [0.5, 0.6) is 0 Å². The van der Waals surface area contributed by atoms with Crippen LogP contribution in [0.3, 0.4) is 0 Å². The van der Waals surface area contributed by atoms with Crippen molar-refractivity contribution in [3.05, 3.63) is 77.3 Å². The summed E-state index contributed by atoms with van der Waals surface area (Å²) in [7, 11) is 0. The van der Waals surface area contributed by atoms with E-state index in [1.54, 1.807) is 11.9 Å². The number of nitrogens with zero attached hydrogens (tertiary/aromatic N) is 2. The molecule has 166 valence electrons. The molecule has 0 atom stereocenters. The molecule has 2 aromatic rings. The molecule has 5 N–H and O–H groups in total. The van der Waals surface area contributed by atoms with Gasteiger partial charge in [-0.25, -0.2) is 0 Å². The van der Waals surface area contributed by atoms with Crippen molar-refractivity contribution < 1.29 is 0 Å². The molecule has 4 rings (SSSR count). The third kappa shape index (κ3) is 5.07. The summed E-state index contributed by atoms with van der Waals surface area (Å²) in [5.74, 6) is 1.12. The molecule has 0 spiro atoms. The number of benzene rings is 2. The molecule has 0 aliphatic carbocycles. The van der Waals surface area contributed by atoms with E-state index in [4.69, 9.17) is 11.5 Å². The Kier molecular flexibility index (Phi) is 7.00. The Morgan fingerprint density at radius 3 is 2.66 bits per heavy atom. The lowest BCUT2D eigenvalue weighted by Crippen LogP contribution is -2.21. The summed E-state index contributed by atoms with van der Waals surface area (Å²) < 4.78 is 3.37. The highest BCUT2D eigenvalue weighted by Crippen LogP contribution is 2.34. The van der Waals surface area contributed by atoms with Crippen molar-refractivity contribution in [2.24, 2.45) is 27.4 Å². The molecule has 0 unspecified atom stereocenters. The molecule has 0 fully saturated rings. The molecule has 0 radical (unpaired) electrons. The van der Waals surface area contributed by atoms with Crippen molar-refractivity contribution in [1.82, 2.24) is 4.72 Å². The summed E-state index contributed by atoms with van der Waals surface area (Å²) in [5.41, 5.74) is 19.5. The Balaban J connectivity index is 1.63. The van der Waals surface area contributed by atoms with Gasteiger partial charge < -0.3 is 16.2 Å². The molecule has 6 heteroatoms. The average molecular weight is 446 g/mol. The Hall–Kier alpha value is -2.99. The maximum atomic E-state index is 6.05. The summed E-state index contributed by atoms with van der Waals surface area (Å²) in [5, 5.41) is 0. The minimum atomic E-state index is 0.411. The average Bonchev–Trinajstić information content (AvgIpc) is 3.43. The van der Waals surface area contributed by atoms with Crippen LogP contribution in [0.2, 0.25) is 0 Å². The second-order valence-electron chi connectivity index (χ2n) is 8.62. The molecule has 32 heavy (non-hydrogen) atoms. The van der Waals surface area contributed by atoms with Gasteiger partial charge in [0.25, 0.3) is 0 Å². The van der Waals surface area contributed by atoms with Crippen LogP contribution in [0.1, 0.15) is 44.2 Å². The zero-order chi connectivity index (χ0) is 22.5. The largest absolute Gasteiger partial charge is 0.394 e. The van der Waals surface area contributed by atoms with Crippen molar-refractivity contribution in [2.75, 3.05) is 6.54 Å². The van der Waals surface area contributed by atoms with E-state index in [1.807, 2.05) is 6.20 Å². The molecule has 0 aromatic heterocycles. The van der Waals surface area contributed by atoms with Gasteiger partial charge in [0.15, 0.2) is 0 Å². The number of rotatable bonds is 9. The van der Waals surface area contributed by atoms with Crippen molar-refractivity contribution in [3.63, 3.8) is 0 Å². The lowest BCUT2D eigenvalue weighted by Gasteiger charge is -2.16. The van der Waals surface area contributed by atoms with E-state index in [-0.39, 0.29) is 0 Å². The molecule has 2 aliphatic rings. The molecular formula is C26H31N5S. The van der Waals surface area contributed by atoms with E-state index < -0.39 is 0 Å². The molecule has 0 amide bonds. The lowest BCUT2D eigenvalue weighted by atomic mass is 9.92. The SMILES string of the molecule is CC(C)CCCc1cc(C2=NC=CC2)ccc1-c1ccccc1SNC1=C(N)C(N)=NC1. The van der Waals surface area contributed by atoms with Crippen LogP contribution in [0, 0.1) is 5.92 Å². The molecule has 0 bridgehead atoms. The van der Waals surface area contributed by atoms with E-state index in [9.17, 15) is 0 Å². The molecular weight excluding hydrogens is 414 g/mol. The van der Waals surface area contributed by atoms with E-state index in [1.165, 1.54) is 35.1 Å². The van der Waals surface area contributed by atoms with Crippen molar-refractivity contribution >= 4 is 23.5 Å². The molecule has 2 heterocycles. The van der Waals surface area contributed by atoms with Gasteiger partial charge in [0.05, 0.1) is 23.7 Å². The highest BCUT2D eigenvalue weighted by molar-refractivity contribution is 7.97. The van der Waals surface area contributed by atoms with Crippen LogP contribution in [0.25, 0.3) is 11.1 Å². The number of aliphatic imine (C=N–C) groups is 2. The number of allylic oxidation sites excluding steroid dienone is 1. The summed E-state index contributed by atoms with van der Waals surface area (Å²) in [6.07, 6.45) is 8.36. The first-order valence-corrected chi connectivity index (χ1v) is 12.0. The van der Waals surface area contributed by atoms with E-state index in [0.29, 0.717) is 24.0 Å². The topological polar surface area (TPSA) is 88.8 Å². The fourth-order valence-electron chi connectivity index (χ4n) is 3.97. The smallest absolute Gasteiger partial charge is 0.144 e. The Morgan fingerprint density at radius 2 is 1.94 bits per heavy atom. The van der Waals surface area contributed by atoms with Crippen LogP contribution in [0.15, 0.2) is 81.0 Å². The van der Waals surface area contributed by atoms with Crippen LogP contribution in [0.4, 0.5) is 0 Å². The minimum absolute atomic E-state index is 0.411. The van der Waals surface area contributed by atoms with Gasteiger partial charge in [0.1, 0.15) is 5.84 Å². The number of amidine groups is 1. The summed E-state index contributed by atoms with van der Waals surface area (Å²) in [4.78, 5) is 9.90. The first kappa shape index (κ1) is 22.2. The monoisotopic (exact) mass is 445 g/mol. The predicted molar refractivity (Wildman–Crippen MR) is 137 cm³/mol. The lowest BCUT2D eigenvalue weighted by molar-refractivity contribution is 0.556. The summed E-state index contributed by atoms with van der Waals surface area (Å²) >= 11 is 1.56. The van der Waals surface area contributed by atoms with Gasteiger partial charge in [-0.3, -0.25) is 9.98 Å². The number of hydrogen-bond acceptors (Lipinski definition) is 6. The van der Waals surface area contributed by atoms with Gasteiger partial charge in [-0.15, -0.1) is 0 Å². The molecule has 5 nitrogen and oxygen atoms in total. The zero-order valence-corrected chi connectivity index (χ0v) is 19.6. The van der Waals surface area contributed by atoms with E-state index in [0.717, 1.165) is 29.1 Å². The fraction of sp³-hybridized carbons (Fsp3) is 0.308. The maximum absolute atomic E-state index is 6.05. The predicted octanol–water partition coefficient (Wildman–Crippen LogP) is 5.18.